The van der Waals surface area contributed by atoms with Crippen LogP contribution >= 0.6 is 0 Å². The van der Waals surface area contributed by atoms with Crippen LogP contribution in [0.1, 0.15) is 17.5 Å². The van der Waals surface area contributed by atoms with E-state index < -0.39 is 6.29 Å². The van der Waals surface area contributed by atoms with E-state index in [4.69, 9.17) is 10.2 Å². The van der Waals surface area contributed by atoms with Gasteiger partial charge in [0, 0.05) is 12.7 Å². The van der Waals surface area contributed by atoms with E-state index in [-0.39, 0.29) is 11.4 Å². The summed E-state index contributed by atoms with van der Waals surface area (Å²) in [7, 11) is 0. The molecular weight excluding hydrogens is 220 g/mol. The van der Waals surface area contributed by atoms with Crippen LogP contribution < -0.4 is 5.69 Å². The van der Waals surface area contributed by atoms with Crippen molar-refractivity contribution in [3.63, 3.8) is 0 Å². The highest BCUT2D eigenvalue weighted by Crippen LogP contribution is 2.05. The van der Waals surface area contributed by atoms with E-state index in [1.54, 1.807) is 0 Å². The van der Waals surface area contributed by atoms with Crippen LogP contribution in [-0.4, -0.2) is 19.8 Å². The van der Waals surface area contributed by atoms with E-state index in [1.807, 2.05) is 30.3 Å². The van der Waals surface area contributed by atoms with E-state index in [0.717, 1.165) is 12.0 Å². The minimum absolute atomic E-state index is 0.114. The van der Waals surface area contributed by atoms with Crippen LogP contribution in [0.2, 0.25) is 0 Å². The zero-order valence-corrected chi connectivity index (χ0v) is 9.21. The Morgan fingerprint density at radius 3 is 2.53 bits per heavy atom. The normalized spacial score (nSPS) is 11.0. The highest BCUT2D eigenvalue weighted by molar-refractivity contribution is 5.14. The number of hydrogen-bond acceptors (Lipinski definition) is 3. The third kappa shape index (κ3) is 2.83. The zero-order valence-electron chi connectivity index (χ0n) is 9.21. The Balaban J connectivity index is 2.07. The monoisotopic (exact) mass is 234 g/mol. The summed E-state index contributed by atoms with van der Waals surface area (Å²) >= 11 is 0. The van der Waals surface area contributed by atoms with E-state index >= 15 is 0 Å². The van der Waals surface area contributed by atoms with Gasteiger partial charge in [0.2, 0.25) is 0 Å². The molecule has 0 atom stereocenters. The first-order chi connectivity index (χ1) is 8.16. The largest absolute Gasteiger partial charge is 0.363 e. The molecule has 17 heavy (non-hydrogen) atoms. The molecular formula is C12H14N2O3. The second-order valence-corrected chi connectivity index (χ2v) is 3.82. The molecule has 0 aliphatic heterocycles. The van der Waals surface area contributed by atoms with Crippen LogP contribution in [0.5, 0.6) is 0 Å². The van der Waals surface area contributed by atoms with Crippen LogP contribution in [0.3, 0.4) is 0 Å². The van der Waals surface area contributed by atoms with Crippen LogP contribution in [0.4, 0.5) is 0 Å². The maximum absolute atomic E-state index is 11.5. The number of imidazole rings is 1. The molecule has 0 aliphatic rings. The van der Waals surface area contributed by atoms with Gasteiger partial charge in [-0.25, -0.2) is 4.79 Å². The molecule has 5 heteroatoms. The van der Waals surface area contributed by atoms with Gasteiger partial charge in [0.05, 0.1) is 5.69 Å². The maximum Gasteiger partial charge on any atom is 0.325 e. The summed E-state index contributed by atoms with van der Waals surface area (Å²) in [5.41, 5.74) is 0.916. The van der Waals surface area contributed by atoms with Crippen molar-refractivity contribution in [1.29, 1.82) is 0 Å². The van der Waals surface area contributed by atoms with Crippen molar-refractivity contribution >= 4 is 0 Å². The number of nitrogens with zero attached hydrogens (tertiary/aromatic N) is 1. The molecule has 2 rings (SSSR count). The summed E-state index contributed by atoms with van der Waals surface area (Å²) in [6.45, 7) is 0.506. The van der Waals surface area contributed by atoms with E-state index in [2.05, 4.69) is 4.98 Å². The van der Waals surface area contributed by atoms with Gasteiger partial charge in [0.15, 0.2) is 6.29 Å². The molecule has 0 saturated carbocycles. The zero-order chi connectivity index (χ0) is 12.3. The summed E-state index contributed by atoms with van der Waals surface area (Å²) in [5, 5.41) is 17.8. The molecule has 1 aromatic heterocycles. The topological polar surface area (TPSA) is 78.2 Å². The fourth-order valence-corrected chi connectivity index (χ4v) is 1.65. The number of hydrogen-bond donors (Lipinski definition) is 3. The lowest BCUT2D eigenvalue weighted by Crippen LogP contribution is -2.17. The number of aromatic nitrogens is 2. The van der Waals surface area contributed by atoms with Crippen LogP contribution in [0, 0.1) is 0 Å². The molecule has 1 aromatic carbocycles. The average Bonchev–Trinajstić information content (AvgIpc) is 2.70. The molecule has 0 aliphatic carbocycles. The number of rotatable bonds is 4. The SMILES string of the molecule is O=c1[nH]c(C(O)O)cn1CCc1ccccc1. The number of H-pyrrole nitrogens is 1. The summed E-state index contributed by atoms with van der Waals surface area (Å²) in [4.78, 5) is 13.8. The number of aryl methyl sites for hydroxylation is 2. The molecule has 0 spiro atoms. The van der Waals surface area contributed by atoms with Gasteiger partial charge in [-0.05, 0) is 12.0 Å². The van der Waals surface area contributed by atoms with Crippen LogP contribution in [0.15, 0.2) is 41.3 Å². The molecule has 0 amide bonds. The predicted octanol–water partition coefficient (Wildman–Crippen LogP) is 0.402. The first kappa shape index (κ1) is 11.6. The molecule has 0 saturated heterocycles. The lowest BCUT2D eigenvalue weighted by molar-refractivity contribution is -0.0456. The third-order valence-electron chi connectivity index (χ3n) is 2.57. The maximum atomic E-state index is 11.5. The standard InChI is InChI=1S/C12H14N2O3/c15-11(16)10-8-14(12(17)13-10)7-6-9-4-2-1-3-5-9/h1-5,8,11,15-16H,6-7H2,(H,13,17). The third-order valence-corrected chi connectivity index (χ3v) is 2.57. The Morgan fingerprint density at radius 2 is 1.94 bits per heavy atom. The molecule has 0 unspecified atom stereocenters. The summed E-state index contributed by atoms with van der Waals surface area (Å²) in [6, 6.07) is 9.79. The first-order valence-corrected chi connectivity index (χ1v) is 5.36. The van der Waals surface area contributed by atoms with Crippen molar-refractivity contribution in [3.05, 3.63) is 58.3 Å². The number of nitrogens with one attached hydrogen (secondary N) is 1. The molecule has 0 bridgehead atoms. The Morgan fingerprint density at radius 1 is 1.24 bits per heavy atom. The van der Waals surface area contributed by atoms with Gasteiger partial charge in [-0.1, -0.05) is 30.3 Å². The lowest BCUT2D eigenvalue weighted by atomic mass is 10.1. The second kappa shape index (κ2) is 4.99. The molecule has 0 radical (unpaired) electrons. The Bertz CT molecular complexity index is 528. The molecule has 5 nitrogen and oxygen atoms in total. The Labute approximate surface area is 98.0 Å². The minimum atomic E-state index is -1.64. The van der Waals surface area contributed by atoms with Crippen molar-refractivity contribution in [1.82, 2.24) is 9.55 Å². The van der Waals surface area contributed by atoms with Crippen molar-refractivity contribution in [2.24, 2.45) is 0 Å². The Kier molecular flexibility index (Phi) is 3.41. The quantitative estimate of drug-likeness (QED) is 0.670. The fraction of sp³-hybridized carbons (Fsp3) is 0.250. The van der Waals surface area contributed by atoms with Gasteiger partial charge < -0.3 is 15.2 Å². The van der Waals surface area contributed by atoms with Gasteiger partial charge in [-0.2, -0.15) is 0 Å². The Hall–Kier alpha value is -1.85. The van der Waals surface area contributed by atoms with Gasteiger partial charge in [0.1, 0.15) is 0 Å². The molecule has 2 aromatic rings. The lowest BCUT2D eigenvalue weighted by Gasteiger charge is -2.01. The second-order valence-electron chi connectivity index (χ2n) is 3.82. The van der Waals surface area contributed by atoms with Gasteiger partial charge >= 0.3 is 5.69 Å². The first-order valence-electron chi connectivity index (χ1n) is 5.36. The minimum Gasteiger partial charge on any atom is -0.363 e. The predicted molar refractivity (Wildman–Crippen MR) is 62.4 cm³/mol. The van der Waals surface area contributed by atoms with Crippen LogP contribution in [-0.2, 0) is 13.0 Å². The van der Waals surface area contributed by atoms with Crippen LogP contribution in [0.25, 0.3) is 0 Å². The summed E-state index contributed by atoms with van der Waals surface area (Å²) in [6.07, 6.45) is 0.510. The summed E-state index contributed by atoms with van der Waals surface area (Å²) in [5.74, 6) is 0. The molecule has 0 fully saturated rings. The molecule has 3 N–H and O–H groups in total. The summed E-state index contributed by atoms with van der Waals surface area (Å²) < 4.78 is 1.43. The fourth-order valence-electron chi connectivity index (χ4n) is 1.65. The smallest absolute Gasteiger partial charge is 0.325 e. The highest BCUT2D eigenvalue weighted by Gasteiger charge is 2.08. The van der Waals surface area contributed by atoms with Gasteiger partial charge in [0.25, 0.3) is 0 Å². The van der Waals surface area contributed by atoms with Crippen molar-refractivity contribution < 1.29 is 10.2 Å². The van der Waals surface area contributed by atoms with Gasteiger partial charge in [-0.15, -0.1) is 0 Å². The van der Waals surface area contributed by atoms with E-state index in [0.29, 0.717) is 6.54 Å². The average molecular weight is 234 g/mol. The number of aromatic amines is 1. The number of aliphatic hydroxyl groups is 2. The van der Waals surface area contributed by atoms with Crippen molar-refractivity contribution in [2.45, 2.75) is 19.3 Å². The number of benzene rings is 1. The van der Waals surface area contributed by atoms with E-state index in [9.17, 15) is 4.79 Å². The van der Waals surface area contributed by atoms with Crippen molar-refractivity contribution in [3.8, 4) is 0 Å². The highest BCUT2D eigenvalue weighted by atomic mass is 16.5. The van der Waals surface area contributed by atoms with Crippen molar-refractivity contribution in [2.75, 3.05) is 0 Å². The van der Waals surface area contributed by atoms with E-state index in [1.165, 1.54) is 10.8 Å². The molecule has 1 heterocycles. The number of aliphatic hydroxyl groups excluding tert-OH is 1. The molecule has 90 valence electrons. The van der Waals surface area contributed by atoms with Gasteiger partial charge in [-0.3, -0.25) is 4.57 Å².